The first kappa shape index (κ1) is 12.9. The molecule has 0 N–H and O–H groups in total. The molecule has 0 aliphatic carbocycles. The molecule has 0 spiro atoms. The summed E-state index contributed by atoms with van der Waals surface area (Å²) >= 11 is 7.33. The van der Waals surface area contributed by atoms with Gasteiger partial charge in [0, 0.05) is 23.0 Å². The van der Waals surface area contributed by atoms with Gasteiger partial charge in [0.05, 0.1) is 5.75 Å². The first-order chi connectivity index (χ1) is 8.74. The van der Waals surface area contributed by atoms with Crippen molar-refractivity contribution in [2.24, 2.45) is 0 Å². The fourth-order valence-corrected chi connectivity index (χ4v) is 1.88. The van der Waals surface area contributed by atoms with Gasteiger partial charge in [-0.15, -0.1) is 0 Å². The van der Waals surface area contributed by atoms with Crippen molar-refractivity contribution in [1.82, 2.24) is 9.97 Å². The maximum atomic E-state index is 5.80. The molecule has 0 bridgehead atoms. The zero-order chi connectivity index (χ0) is 12.8. The highest BCUT2D eigenvalue weighted by atomic mass is 35.5. The summed E-state index contributed by atoms with van der Waals surface area (Å²) in [5, 5.41) is 1.48. The number of rotatable bonds is 2. The molecule has 4 heteroatoms. The number of aromatic nitrogens is 2. The molecule has 0 saturated carbocycles. The van der Waals surface area contributed by atoms with Crippen LogP contribution in [0.1, 0.15) is 11.1 Å². The van der Waals surface area contributed by atoms with Crippen molar-refractivity contribution in [3.05, 3.63) is 52.8 Å². The zero-order valence-electron chi connectivity index (χ0n) is 9.85. The molecule has 2 rings (SSSR count). The normalized spacial score (nSPS) is 9.67. The van der Waals surface area contributed by atoms with Crippen LogP contribution in [0.15, 0.2) is 41.8 Å². The van der Waals surface area contributed by atoms with Gasteiger partial charge in [0.15, 0.2) is 5.16 Å². The van der Waals surface area contributed by atoms with Gasteiger partial charge in [-0.1, -0.05) is 35.2 Å². The first-order valence-electron chi connectivity index (χ1n) is 5.40. The van der Waals surface area contributed by atoms with E-state index < -0.39 is 0 Å². The predicted octanol–water partition coefficient (Wildman–Crippen LogP) is 3.58. The Hall–Kier alpha value is -1.50. The van der Waals surface area contributed by atoms with E-state index in [0.29, 0.717) is 5.75 Å². The van der Waals surface area contributed by atoms with Gasteiger partial charge in [0.25, 0.3) is 0 Å². The molecule has 0 aliphatic heterocycles. The molecule has 2 nitrogen and oxygen atoms in total. The van der Waals surface area contributed by atoms with Crippen LogP contribution >= 0.6 is 23.4 Å². The van der Waals surface area contributed by atoms with E-state index in [4.69, 9.17) is 11.6 Å². The lowest BCUT2D eigenvalue weighted by Crippen LogP contribution is -1.87. The largest absolute Gasteiger partial charge is 0.231 e. The summed E-state index contributed by atoms with van der Waals surface area (Å²) in [7, 11) is 0. The number of nitrogens with zero attached hydrogens (tertiary/aromatic N) is 2. The molecule has 90 valence electrons. The molecule has 0 saturated heterocycles. The summed E-state index contributed by atoms with van der Waals surface area (Å²) in [6.45, 7) is 1.97. The fourth-order valence-electron chi connectivity index (χ4n) is 1.23. The Bertz CT molecular complexity index is 567. The van der Waals surface area contributed by atoms with E-state index in [1.165, 1.54) is 11.8 Å². The Kier molecular flexibility index (Phi) is 4.63. The van der Waals surface area contributed by atoms with Crippen LogP contribution in [0, 0.1) is 18.8 Å². The number of halogens is 1. The molecule has 0 fully saturated rings. The highest BCUT2D eigenvalue weighted by Gasteiger charge is 1.94. The predicted molar refractivity (Wildman–Crippen MR) is 75.8 cm³/mol. The van der Waals surface area contributed by atoms with E-state index in [-0.39, 0.29) is 0 Å². The maximum Gasteiger partial charge on any atom is 0.188 e. The zero-order valence-corrected chi connectivity index (χ0v) is 11.4. The second-order valence-electron chi connectivity index (χ2n) is 3.64. The summed E-state index contributed by atoms with van der Waals surface area (Å²) in [6, 6.07) is 7.48. The maximum absolute atomic E-state index is 5.80. The second kappa shape index (κ2) is 6.44. The number of hydrogen-bond donors (Lipinski definition) is 0. The van der Waals surface area contributed by atoms with Crippen molar-refractivity contribution in [3.8, 4) is 11.8 Å². The molecule has 1 heterocycles. The number of hydrogen-bond acceptors (Lipinski definition) is 3. The molecule has 1 aromatic heterocycles. The van der Waals surface area contributed by atoms with Crippen LogP contribution in [0.5, 0.6) is 0 Å². The topological polar surface area (TPSA) is 25.8 Å². The van der Waals surface area contributed by atoms with Crippen LogP contribution in [-0.4, -0.2) is 15.7 Å². The summed E-state index contributed by atoms with van der Waals surface area (Å²) in [5.74, 6) is 6.81. The molecular weight excluding hydrogens is 264 g/mol. The first-order valence-corrected chi connectivity index (χ1v) is 6.76. The third kappa shape index (κ3) is 4.06. The highest BCUT2D eigenvalue weighted by molar-refractivity contribution is 7.99. The number of aryl methyl sites for hydroxylation is 1. The summed E-state index contributed by atoms with van der Waals surface area (Å²) in [6.07, 6.45) is 3.61. The lowest BCUT2D eigenvalue weighted by Gasteiger charge is -1.95. The third-order valence-corrected chi connectivity index (χ3v) is 3.12. The highest BCUT2D eigenvalue weighted by Crippen LogP contribution is 2.11. The Morgan fingerprint density at radius 3 is 2.50 bits per heavy atom. The van der Waals surface area contributed by atoms with E-state index in [1.807, 2.05) is 43.6 Å². The Morgan fingerprint density at radius 2 is 1.83 bits per heavy atom. The fraction of sp³-hybridized carbons (Fsp3) is 0.143. The van der Waals surface area contributed by atoms with Crippen LogP contribution in [-0.2, 0) is 0 Å². The second-order valence-corrected chi connectivity index (χ2v) is 5.02. The molecule has 2 aromatic rings. The lowest BCUT2D eigenvalue weighted by molar-refractivity contribution is 0.952. The van der Waals surface area contributed by atoms with Crippen LogP contribution in [0.3, 0.4) is 0 Å². The SMILES string of the molecule is Cc1cnc(SCC#Cc2ccc(Cl)cc2)nc1. The van der Waals surface area contributed by atoms with Crippen molar-refractivity contribution in [2.75, 3.05) is 5.75 Å². The van der Waals surface area contributed by atoms with Gasteiger partial charge < -0.3 is 0 Å². The molecule has 18 heavy (non-hydrogen) atoms. The van der Waals surface area contributed by atoms with Crippen molar-refractivity contribution in [2.45, 2.75) is 12.1 Å². The van der Waals surface area contributed by atoms with Gasteiger partial charge in [-0.05, 0) is 36.8 Å². The quantitative estimate of drug-likeness (QED) is 0.476. The average Bonchev–Trinajstić information content (AvgIpc) is 2.39. The summed E-state index contributed by atoms with van der Waals surface area (Å²) < 4.78 is 0. The minimum absolute atomic E-state index is 0.672. The molecule has 1 aromatic carbocycles. The van der Waals surface area contributed by atoms with E-state index in [9.17, 15) is 0 Å². The van der Waals surface area contributed by atoms with Gasteiger partial charge in [-0.25, -0.2) is 9.97 Å². The van der Waals surface area contributed by atoms with Crippen LogP contribution in [0.25, 0.3) is 0 Å². The Balaban J connectivity index is 1.89. The minimum Gasteiger partial charge on any atom is -0.231 e. The molecule has 0 radical (unpaired) electrons. The van der Waals surface area contributed by atoms with Crippen molar-refractivity contribution < 1.29 is 0 Å². The lowest BCUT2D eigenvalue weighted by atomic mass is 10.2. The van der Waals surface area contributed by atoms with E-state index in [2.05, 4.69) is 21.8 Å². The monoisotopic (exact) mass is 274 g/mol. The smallest absolute Gasteiger partial charge is 0.188 e. The van der Waals surface area contributed by atoms with Gasteiger partial charge in [0.2, 0.25) is 0 Å². The molecule has 0 amide bonds. The third-order valence-electron chi connectivity index (χ3n) is 2.11. The summed E-state index contributed by atoms with van der Waals surface area (Å²) in [5.41, 5.74) is 2.02. The average molecular weight is 275 g/mol. The van der Waals surface area contributed by atoms with Crippen molar-refractivity contribution >= 4 is 23.4 Å². The van der Waals surface area contributed by atoms with Crippen LogP contribution in [0.2, 0.25) is 5.02 Å². The standard InChI is InChI=1S/C14H11ClN2S/c1-11-9-16-14(17-10-11)18-8-2-3-12-4-6-13(15)7-5-12/h4-7,9-10H,8H2,1H3. The van der Waals surface area contributed by atoms with Gasteiger partial charge >= 0.3 is 0 Å². The molecule has 0 aliphatic rings. The van der Waals surface area contributed by atoms with E-state index in [0.717, 1.165) is 21.3 Å². The van der Waals surface area contributed by atoms with E-state index in [1.54, 1.807) is 0 Å². The van der Waals surface area contributed by atoms with Gasteiger partial charge in [0.1, 0.15) is 0 Å². The van der Waals surface area contributed by atoms with Crippen LogP contribution < -0.4 is 0 Å². The molecule has 0 unspecified atom stereocenters. The number of thioether (sulfide) groups is 1. The van der Waals surface area contributed by atoms with Crippen molar-refractivity contribution in [3.63, 3.8) is 0 Å². The summed E-state index contributed by atoms with van der Waals surface area (Å²) in [4.78, 5) is 8.40. The van der Waals surface area contributed by atoms with Gasteiger partial charge in [-0.3, -0.25) is 0 Å². The molecular formula is C14H11ClN2S. The Morgan fingerprint density at radius 1 is 1.17 bits per heavy atom. The molecule has 0 atom stereocenters. The number of benzene rings is 1. The Labute approximate surface area is 116 Å². The van der Waals surface area contributed by atoms with Gasteiger partial charge in [-0.2, -0.15) is 0 Å². The van der Waals surface area contributed by atoms with E-state index >= 15 is 0 Å². The van der Waals surface area contributed by atoms with Crippen molar-refractivity contribution in [1.29, 1.82) is 0 Å². The van der Waals surface area contributed by atoms with Crippen LogP contribution in [0.4, 0.5) is 0 Å². The minimum atomic E-state index is 0.672.